The van der Waals surface area contributed by atoms with Crippen LogP contribution in [-0.4, -0.2) is 43.0 Å². The second-order valence-corrected chi connectivity index (χ2v) is 7.66. The van der Waals surface area contributed by atoms with E-state index in [1.807, 2.05) is 0 Å². The maximum atomic E-state index is 14.2. The van der Waals surface area contributed by atoms with Gasteiger partial charge >= 0.3 is 6.18 Å². The molecule has 0 bridgehead atoms. The number of halogens is 4. The molecule has 1 fully saturated rings. The Balaban J connectivity index is 1.61. The molecule has 7 nitrogen and oxygen atoms in total. The maximum Gasteiger partial charge on any atom is 0.405 e. The summed E-state index contributed by atoms with van der Waals surface area (Å²) in [7, 11) is 0. The van der Waals surface area contributed by atoms with E-state index in [1.165, 1.54) is 19.1 Å². The summed E-state index contributed by atoms with van der Waals surface area (Å²) < 4.78 is 51.1. The Kier molecular flexibility index (Phi) is 7.19. The molecule has 0 atom stereocenters. The van der Waals surface area contributed by atoms with E-state index >= 15 is 0 Å². The Morgan fingerprint density at radius 3 is 2.42 bits per heavy atom. The molecule has 2 aromatic rings. The third-order valence-electron chi connectivity index (χ3n) is 4.82. The van der Waals surface area contributed by atoms with Gasteiger partial charge in [0.05, 0.1) is 6.54 Å². The van der Waals surface area contributed by atoms with Crippen LogP contribution in [0, 0.1) is 12.7 Å². The summed E-state index contributed by atoms with van der Waals surface area (Å²) in [4.78, 5) is 36.4. The zero-order valence-corrected chi connectivity index (χ0v) is 17.6. The molecule has 0 unspecified atom stereocenters. The van der Waals surface area contributed by atoms with Crippen molar-refractivity contribution in [2.24, 2.45) is 0 Å². The predicted octanol–water partition coefficient (Wildman–Crippen LogP) is 3.37. The summed E-state index contributed by atoms with van der Waals surface area (Å²) in [5, 5.41) is 9.80. The van der Waals surface area contributed by atoms with E-state index in [2.05, 4.69) is 16.0 Å². The van der Waals surface area contributed by atoms with Crippen LogP contribution in [0.2, 0.25) is 0 Å². The van der Waals surface area contributed by atoms with Crippen molar-refractivity contribution in [3.8, 4) is 0 Å². The molecule has 1 saturated carbocycles. The molecular weight excluding hydrogens is 444 g/mol. The number of alkyl halides is 3. The normalized spacial score (nSPS) is 13.2. The lowest BCUT2D eigenvalue weighted by molar-refractivity contribution is -0.123. The fraction of sp³-hybridized carbons (Fsp3) is 0.318. The lowest BCUT2D eigenvalue weighted by atomic mass is 10.1. The number of carbonyl (C=O) groups excluding carboxylic acids is 3. The standard InChI is InChI=1S/C22H22F4N4O3/c1-12-17(23)8-14(20(32)28-11-22(24,25)26)9-18(12)27-10-19(31)29-16-4-2-3-13(7-16)21(33)30-15-5-6-15/h2-4,7-9,15,27H,5-6,10-11H2,1H3,(H,28,32)(H,29,31)(H,30,33). The van der Waals surface area contributed by atoms with Crippen LogP contribution in [0.5, 0.6) is 0 Å². The highest BCUT2D eigenvalue weighted by atomic mass is 19.4. The Bertz CT molecular complexity index is 1070. The van der Waals surface area contributed by atoms with E-state index in [4.69, 9.17) is 0 Å². The van der Waals surface area contributed by atoms with Crippen LogP contribution < -0.4 is 21.3 Å². The van der Waals surface area contributed by atoms with Gasteiger partial charge in [-0.05, 0) is 50.1 Å². The highest BCUT2D eigenvalue weighted by molar-refractivity contribution is 5.99. The molecule has 0 heterocycles. The molecule has 0 aromatic heterocycles. The molecule has 0 spiro atoms. The molecule has 0 saturated heterocycles. The summed E-state index contributed by atoms with van der Waals surface area (Å²) in [5.41, 5.74) is 0.630. The molecule has 0 aliphatic heterocycles. The lowest BCUT2D eigenvalue weighted by Crippen LogP contribution is -2.33. The van der Waals surface area contributed by atoms with Crippen LogP contribution in [0.25, 0.3) is 0 Å². The van der Waals surface area contributed by atoms with Crippen molar-refractivity contribution >= 4 is 29.1 Å². The SMILES string of the molecule is Cc1c(F)cc(C(=O)NCC(F)(F)F)cc1NCC(=O)Nc1cccc(C(=O)NC2CC2)c1. The molecule has 33 heavy (non-hydrogen) atoms. The number of benzene rings is 2. The van der Waals surface area contributed by atoms with Gasteiger partial charge in [-0.1, -0.05) is 6.07 Å². The monoisotopic (exact) mass is 466 g/mol. The predicted molar refractivity (Wildman–Crippen MR) is 114 cm³/mol. The zero-order chi connectivity index (χ0) is 24.2. The van der Waals surface area contributed by atoms with Crippen molar-refractivity contribution in [2.45, 2.75) is 32.0 Å². The quantitative estimate of drug-likeness (QED) is 0.449. The van der Waals surface area contributed by atoms with Crippen LogP contribution in [0.4, 0.5) is 28.9 Å². The van der Waals surface area contributed by atoms with Crippen LogP contribution in [0.3, 0.4) is 0 Å². The van der Waals surface area contributed by atoms with Crippen LogP contribution >= 0.6 is 0 Å². The largest absolute Gasteiger partial charge is 0.405 e. The first-order valence-electron chi connectivity index (χ1n) is 10.1. The number of amides is 3. The molecular formula is C22H22F4N4O3. The van der Waals surface area contributed by atoms with Gasteiger partial charge in [0.2, 0.25) is 5.91 Å². The summed E-state index contributed by atoms with van der Waals surface area (Å²) in [6.45, 7) is -0.467. The molecule has 0 radical (unpaired) electrons. The van der Waals surface area contributed by atoms with Crippen molar-refractivity contribution < 1.29 is 31.9 Å². The summed E-state index contributed by atoms with van der Waals surface area (Å²) in [5.74, 6) is -2.66. The first-order chi connectivity index (χ1) is 15.5. The second-order valence-electron chi connectivity index (χ2n) is 7.66. The molecule has 1 aliphatic rings. The average molecular weight is 466 g/mol. The molecule has 2 aromatic carbocycles. The molecule has 3 amide bonds. The number of hydrogen-bond donors (Lipinski definition) is 4. The number of hydrogen-bond acceptors (Lipinski definition) is 4. The molecule has 1 aliphatic carbocycles. The van der Waals surface area contributed by atoms with Gasteiger partial charge in [-0.3, -0.25) is 14.4 Å². The fourth-order valence-electron chi connectivity index (χ4n) is 2.89. The zero-order valence-electron chi connectivity index (χ0n) is 17.6. The minimum absolute atomic E-state index is 0.0832. The first kappa shape index (κ1) is 24.0. The van der Waals surface area contributed by atoms with Gasteiger partial charge in [-0.2, -0.15) is 13.2 Å². The maximum absolute atomic E-state index is 14.2. The third kappa shape index (κ3) is 7.19. The lowest BCUT2D eigenvalue weighted by Gasteiger charge is -2.14. The Hall–Kier alpha value is -3.63. The highest BCUT2D eigenvalue weighted by Gasteiger charge is 2.28. The van der Waals surface area contributed by atoms with Crippen LogP contribution in [-0.2, 0) is 4.79 Å². The fourth-order valence-corrected chi connectivity index (χ4v) is 2.89. The smallest absolute Gasteiger partial charge is 0.376 e. The number of rotatable bonds is 8. The van der Waals surface area contributed by atoms with E-state index in [9.17, 15) is 31.9 Å². The van der Waals surface area contributed by atoms with E-state index in [1.54, 1.807) is 23.5 Å². The van der Waals surface area contributed by atoms with Gasteiger partial charge in [0.25, 0.3) is 11.8 Å². The van der Waals surface area contributed by atoms with E-state index in [-0.39, 0.29) is 35.3 Å². The van der Waals surface area contributed by atoms with Crippen molar-refractivity contribution in [3.05, 3.63) is 58.9 Å². The van der Waals surface area contributed by atoms with E-state index in [0.29, 0.717) is 11.3 Å². The van der Waals surface area contributed by atoms with Crippen molar-refractivity contribution in [3.63, 3.8) is 0 Å². The molecule has 4 N–H and O–H groups in total. The van der Waals surface area contributed by atoms with Gasteiger partial charge in [-0.25, -0.2) is 4.39 Å². The number of nitrogens with one attached hydrogen (secondary N) is 4. The van der Waals surface area contributed by atoms with E-state index in [0.717, 1.165) is 18.9 Å². The minimum atomic E-state index is -4.60. The van der Waals surface area contributed by atoms with Gasteiger partial charge in [0, 0.05) is 34.1 Å². The summed E-state index contributed by atoms with van der Waals surface area (Å²) >= 11 is 0. The average Bonchev–Trinajstić information content (AvgIpc) is 3.56. The van der Waals surface area contributed by atoms with Gasteiger partial charge in [-0.15, -0.1) is 0 Å². The van der Waals surface area contributed by atoms with Gasteiger partial charge in [0.15, 0.2) is 0 Å². The van der Waals surface area contributed by atoms with Crippen molar-refractivity contribution in [1.82, 2.24) is 10.6 Å². The number of anilines is 2. The van der Waals surface area contributed by atoms with Crippen molar-refractivity contribution in [2.75, 3.05) is 23.7 Å². The van der Waals surface area contributed by atoms with Crippen molar-refractivity contribution in [1.29, 1.82) is 0 Å². The Labute approximate surface area is 186 Å². The minimum Gasteiger partial charge on any atom is -0.376 e. The molecule has 11 heteroatoms. The summed E-state index contributed by atoms with van der Waals surface area (Å²) in [6, 6.07) is 8.54. The Morgan fingerprint density at radius 2 is 1.76 bits per heavy atom. The second kappa shape index (κ2) is 9.88. The first-order valence-corrected chi connectivity index (χ1v) is 10.1. The molecule has 176 valence electrons. The van der Waals surface area contributed by atoms with Gasteiger partial charge in [0.1, 0.15) is 12.4 Å². The summed E-state index contributed by atoms with van der Waals surface area (Å²) in [6.07, 6.45) is -2.72. The molecule has 3 rings (SSSR count). The topological polar surface area (TPSA) is 99.3 Å². The van der Waals surface area contributed by atoms with Crippen LogP contribution in [0.1, 0.15) is 39.1 Å². The highest BCUT2D eigenvalue weighted by Crippen LogP contribution is 2.22. The van der Waals surface area contributed by atoms with Crippen LogP contribution in [0.15, 0.2) is 36.4 Å². The third-order valence-corrected chi connectivity index (χ3v) is 4.82. The Morgan fingerprint density at radius 1 is 1.03 bits per heavy atom. The number of carbonyl (C=O) groups is 3. The van der Waals surface area contributed by atoms with Gasteiger partial charge < -0.3 is 21.3 Å². The van der Waals surface area contributed by atoms with E-state index < -0.39 is 30.4 Å².